The van der Waals surface area contributed by atoms with Crippen LogP contribution < -0.4 is 10.2 Å². The number of nitrogens with one attached hydrogen (secondary N) is 1. The molecule has 1 aromatic carbocycles. The van der Waals surface area contributed by atoms with Crippen molar-refractivity contribution in [3.8, 4) is 0 Å². The Hall–Kier alpha value is -1.55. The van der Waals surface area contributed by atoms with Crippen LogP contribution in [0, 0.1) is 0 Å². The molecule has 1 aromatic rings. The number of hydrogen-bond donors (Lipinski definition) is 1. The summed E-state index contributed by atoms with van der Waals surface area (Å²) in [6, 6.07) is 7.87. The van der Waals surface area contributed by atoms with Crippen LogP contribution in [0.4, 0.5) is 5.69 Å². The van der Waals surface area contributed by atoms with Crippen LogP contribution in [0.5, 0.6) is 0 Å². The average molecular weight is 267 g/mol. The van der Waals surface area contributed by atoms with E-state index < -0.39 is 0 Å². The molecule has 0 bridgehead atoms. The Bertz CT molecular complexity index is 462. The first kappa shape index (κ1) is 12.9. The van der Waals surface area contributed by atoms with Gasteiger partial charge in [0.25, 0.3) is 0 Å². The third-order valence-corrected chi connectivity index (χ3v) is 3.21. The zero-order valence-corrected chi connectivity index (χ0v) is 10.7. The Morgan fingerprint density at radius 1 is 1.33 bits per heavy atom. The monoisotopic (exact) mass is 266 g/mol. The van der Waals surface area contributed by atoms with Gasteiger partial charge in [-0.3, -0.25) is 9.59 Å². The van der Waals surface area contributed by atoms with E-state index in [0.29, 0.717) is 6.54 Å². The number of nitrogens with zero attached hydrogens (tertiary/aromatic N) is 1. The number of para-hydroxylation sites is 1. The maximum Gasteiger partial charge on any atom is 0.246 e. The van der Waals surface area contributed by atoms with Crippen molar-refractivity contribution in [3.05, 3.63) is 29.8 Å². The fraction of sp³-hybridized carbons (Fsp3) is 0.385. The van der Waals surface area contributed by atoms with Crippen molar-refractivity contribution in [1.29, 1.82) is 0 Å². The van der Waals surface area contributed by atoms with E-state index in [4.69, 9.17) is 11.6 Å². The first-order chi connectivity index (χ1) is 8.72. The molecule has 0 unspecified atom stereocenters. The van der Waals surface area contributed by atoms with Crippen LogP contribution in [0.25, 0.3) is 0 Å². The molecule has 4 nitrogen and oxygen atoms in total. The second-order valence-corrected chi connectivity index (χ2v) is 4.46. The van der Waals surface area contributed by atoms with Crippen LogP contribution in [-0.2, 0) is 16.0 Å². The van der Waals surface area contributed by atoms with E-state index in [1.807, 2.05) is 24.3 Å². The van der Waals surface area contributed by atoms with E-state index in [1.54, 1.807) is 4.90 Å². The van der Waals surface area contributed by atoms with Crippen molar-refractivity contribution in [2.45, 2.75) is 12.8 Å². The Morgan fingerprint density at radius 2 is 2.11 bits per heavy atom. The largest absolute Gasteiger partial charge is 0.346 e. The lowest BCUT2D eigenvalue weighted by Crippen LogP contribution is -2.42. The molecule has 1 aliphatic rings. The smallest absolute Gasteiger partial charge is 0.246 e. The molecule has 0 aromatic heterocycles. The summed E-state index contributed by atoms with van der Waals surface area (Å²) in [7, 11) is 0. The molecular formula is C13H15ClN2O2. The molecule has 1 aliphatic heterocycles. The minimum absolute atomic E-state index is 0.000111. The SMILES string of the molecule is O=C(CCl)NCC(=O)N1CCCc2ccccc21. The van der Waals surface area contributed by atoms with Gasteiger partial charge in [-0.1, -0.05) is 18.2 Å². The first-order valence-electron chi connectivity index (χ1n) is 5.93. The third kappa shape index (κ3) is 2.82. The lowest BCUT2D eigenvalue weighted by molar-refractivity contribution is -0.123. The molecule has 5 heteroatoms. The Kier molecular flexibility index (Phi) is 4.20. The van der Waals surface area contributed by atoms with Crippen molar-refractivity contribution in [1.82, 2.24) is 5.32 Å². The van der Waals surface area contributed by atoms with Gasteiger partial charge >= 0.3 is 0 Å². The predicted octanol–water partition coefficient (Wildman–Crippen LogP) is 1.32. The molecule has 0 radical (unpaired) electrons. The summed E-state index contributed by atoms with van der Waals surface area (Å²) >= 11 is 5.37. The van der Waals surface area contributed by atoms with Gasteiger partial charge in [0.15, 0.2) is 0 Å². The number of fused-ring (bicyclic) bond motifs is 1. The Labute approximate surface area is 111 Å². The standard InChI is InChI=1S/C13H15ClN2O2/c14-8-12(17)15-9-13(18)16-7-3-5-10-4-1-2-6-11(10)16/h1-2,4,6H,3,5,7-9H2,(H,15,17). The highest BCUT2D eigenvalue weighted by Crippen LogP contribution is 2.26. The number of benzene rings is 1. The van der Waals surface area contributed by atoms with Gasteiger partial charge in [-0.15, -0.1) is 11.6 Å². The quantitative estimate of drug-likeness (QED) is 0.839. The van der Waals surface area contributed by atoms with Crippen LogP contribution >= 0.6 is 11.6 Å². The number of halogens is 1. The highest BCUT2D eigenvalue weighted by atomic mass is 35.5. The summed E-state index contributed by atoms with van der Waals surface area (Å²) in [5.41, 5.74) is 2.13. The Balaban J connectivity index is 2.06. The van der Waals surface area contributed by atoms with Crippen LogP contribution in [0.1, 0.15) is 12.0 Å². The molecule has 2 rings (SSSR count). The van der Waals surface area contributed by atoms with Crippen LogP contribution in [0.2, 0.25) is 0 Å². The van der Waals surface area contributed by atoms with Crippen molar-refractivity contribution in [2.75, 3.05) is 23.9 Å². The minimum atomic E-state index is -0.324. The summed E-state index contributed by atoms with van der Waals surface area (Å²) in [6.07, 6.45) is 1.94. The number of carbonyl (C=O) groups excluding carboxylic acids is 2. The number of rotatable bonds is 3. The fourth-order valence-electron chi connectivity index (χ4n) is 2.11. The van der Waals surface area contributed by atoms with Gasteiger partial charge in [0.2, 0.25) is 11.8 Å². The summed E-state index contributed by atoms with van der Waals surface area (Å²) in [5.74, 6) is -0.542. The second kappa shape index (κ2) is 5.87. The topological polar surface area (TPSA) is 49.4 Å². The van der Waals surface area contributed by atoms with Gasteiger partial charge in [-0.05, 0) is 24.5 Å². The number of amides is 2. The highest BCUT2D eigenvalue weighted by molar-refractivity contribution is 6.27. The minimum Gasteiger partial charge on any atom is -0.346 e. The molecule has 1 heterocycles. The van der Waals surface area contributed by atoms with Gasteiger partial charge in [0.1, 0.15) is 5.88 Å². The molecule has 1 N–H and O–H groups in total. The van der Waals surface area contributed by atoms with E-state index >= 15 is 0 Å². The predicted molar refractivity (Wildman–Crippen MR) is 70.8 cm³/mol. The second-order valence-electron chi connectivity index (χ2n) is 4.19. The van der Waals surface area contributed by atoms with Gasteiger partial charge in [0, 0.05) is 12.2 Å². The molecule has 0 saturated carbocycles. The highest BCUT2D eigenvalue weighted by Gasteiger charge is 2.21. The van der Waals surface area contributed by atoms with Gasteiger partial charge < -0.3 is 10.2 Å². The van der Waals surface area contributed by atoms with E-state index in [-0.39, 0.29) is 24.2 Å². The van der Waals surface area contributed by atoms with Crippen LogP contribution in [-0.4, -0.2) is 30.8 Å². The summed E-state index contributed by atoms with van der Waals surface area (Å²) in [5, 5.41) is 2.50. The third-order valence-electron chi connectivity index (χ3n) is 2.97. The van der Waals surface area contributed by atoms with Crippen molar-refractivity contribution in [2.24, 2.45) is 0 Å². The van der Waals surface area contributed by atoms with Gasteiger partial charge in [-0.2, -0.15) is 0 Å². The number of hydrogen-bond acceptors (Lipinski definition) is 2. The first-order valence-corrected chi connectivity index (χ1v) is 6.47. The average Bonchev–Trinajstić information content (AvgIpc) is 2.43. The van der Waals surface area contributed by atoms with E-state index in [2.05, 4.69) is 5.32 Å². The van der Waals surface area contributed by atoms with E-state index in [0.717, 1.165) is 18.5 Å². The normalized spacial score (nSPS) is 13.9. The maximum atomic E-state index is 12.0. The Morgan fingerprint density at radius 3 is 2.89 bits per heavy atom. The zero-order chi connectivity index (χ0) is 13.0. The molecule has 0 saturated heterocycles. The molecule has 0 fully saturated rings. The number of carbonyl (C=O) groups is 2. The molecule has 18 heavy (non-hydrogen) atoms. The molecular weight excluding hydrogens is 252 g/mol. The van der Waals surface area contributed by atoms with Crippen molar-refractivity contribution >= 4 is 29.1 Å². The number of aryl methyl sites for hydroxylation is 1. The van der Waals surface area contributed by atoms with Gasteiger partial charge in [-0.25, -0.2) is 0 Å². The molecule has 0 spiro atoms. The lowest BCUT2D eigenvalue weighted by Gasteiger charge is -2.29. The molecule has 0 atom stereocenters. The summed E-state index contributed by atoms with van der Waals surface area (Å²) < 4.78 is 0. The van der Waals surface area contributed by atoms with Crippen LogP contribution in [0.3, 0.4) is 0 Å². The number of anilines is 1. The van der Waals surface area contributed by atoms with E-state index in [9.17, 15) is 9.59 Å². The summed E-state index contributed by atoms with van der Waals surface area (Å²) in [4.78, 5) is 24.8. The van der Waals surface area contributed by atoms with Crippen molar-refractivity contribution in [3.63, 3.8) is 0 Å². The van der Waals surface area contributed by atoms with Gasteiger partial charge in [0.05, 0.1) is 6.54 Å². The molecule has 0 aliphatic carbocycles. The summed E-state index contributed by atoms with van der Waals surface area (Å²) in [6.45, 7) is 0.701. The zero-order valence-electron chi connectivity index (χ0n) is 9.99. The fourth-order valence-corrected chi connectivity index (χ4v) is 2.20. The van der Waals surface area contributed by atoms with E-state index in [1.165, 1.54) is 5.56 Å². The molecule has 96 valence electrons. The molecule has 2 amide bonds. The number of alkyl halides is 1. The van der Waals surface area contributed by atoms with Crippen molar-refractivity contribution < 1.29 is 9.59 Å². The van der Waals surface area contributed by atoms with Crippen LogP contribution in [0.15, 0.2) is 24.3 Å². The maximum absolute atomic E-state index is 12.0. The lowest BCUT2D eigenvalue weighted by atomic mass is 10.0.